The van der Waals surface area contributed by atoms with Crippen molar-refractivity contribution >= 4 is 11.7 Å². The molecule has 1 atom stereocenters. The fourth-order valence-electron chi connectivity index (χ4n) is 1.74. The minimum atomic E-state index is -0.880. The molecule has 1 unspecified atom stereocenters. The molecule has 6 heteroatoms. The first-order valence-corrected chi connectivity index (χ1v) is 6.29. The van der Waals surface area contributed by atoms with Gasteiger partial charge in [0.1, 0.15) is 11.6 Å². The lowest BCUT2D eigenvalue weighted by atomic mass is 10.1. The smallest absolute Gasteiger partial charge is 0.319 e. The van der Waals surface area contributed by atoms with Crippen LogP contribution in [0.5, 0.6) is 0 Å². The van der Waals surface area contributed by atoms with Crippen molar-refractivity contribution in [1.29, 1.82) is 0 Å². The van der Waals surface area contributed by atoms with Gasteiger partial charge in [-0.3, -0.25) is 0 Å². The number of aliphatic hydroxyl groups is 1. The summed E-state index contributed by atoms with van der Waals surface area (Å²) in [5.41, 5.74) is 0.386. The van der Waals surface area contributed by atoms with Crippen LogP contribution in [0.25, 0.3) is 0 Å². The minimum Gasteiger partial charge on any atom is -0.387 e. The van der Waals surface area contributed by atoms with Gasteiger partial charge in [0.2, 0.25) is 0 Å². The van der Waals surface area contributed by atoms with Gasteiger partial charge in [0, 0.05) is 12.6 Å². The van der Waals surface area contributed by atoms with Crippen molar-refractivity contribution in [3.05, 3.63) is 65.7 Å². The Hall–Kier alpha value is -2.47. The molecule has 0 aliphatic carbocycles. The van der Waals surface area contributed by atoms with Crippen LogP contribution in [0.15, 0.2) is 48.5 Å². The molecule has 4 nitrogen and oxygen atoms in total. The van der Waals surface area contributed by atoms with E-state index < -0.39 is 23.8 Å². The van der Waals surface area contributed by atoms with Gasteiger partial charge in [-0.25, -0.2) is 13.6 Å². The van der Waals surface area contributed by atoms with Crippen molar-refractivity contribution in [2.24, 2.45) is 0 Å². The second-order valence-corrected chi connectivity index (χ2v) is 4.39. The molecule has 0 aliphatic rings. The number of hydrogen-bond donors (Lipinski definition) is 3. The van der Waals surface area contributed by atoms with Crippen LogP contribution in [0, 0.1) is 11.6 Å². The highest BCUT2D eigenvalue weighted by Crippen LogP contribution is 2.15. The summed E-state index contributed by atoms with van der Waals surface area (Å²) in [6, 6.07) is 10.8. The molecule has 2 amide bonds. The van der Waals surface area contributed by atoms with Gasteiger partial charge in [-0.15, -0.1) is 0 Å². The van der Waals surface area contributed by atoms with Crippen molar-refractivity contribution in [2.45, 2.75) is 6.10 Å². The molecular weight excluding hydrogens is 278 g/mol. The number of anilines is 1. The maximum atomic E-state index is 13.3. The van der Waals surface area contributed by atoms with Crippen LogP contribution in [0.3, 0.4) is 0 Å². The maximum Gasteiger partial charge on any atom is 0.319 e. The van der Waals surface area contributed by atoms with Crippen molar-refractivity contribution in [1.82, 2.24) is 5.32 Å². The summed E-state index contributed by atoms with van der Waals surface area (Å²) >= 11 is 0. The summed E-state index contributed by atoms with van der Waals surface area (Å²) in [6.45, 7) is -0.0488. The predicted octanol–water partition coefficient (Wildman–Crippen LogP) is 2.82. The Morgan fingerprint density at radius 3 is 2.57 bits per heavy atom. The van der Waals surface area contributed by atoms with E-state index in [-0.39, 0.29) is 12.2 Å². The van der Waals surface area contributed by atoms with E-state index in [1.165, 1.54) is 0 Å². The largest absolute Gasteiger partial charge is 0.387 e. The van der Waals surface area contributed by atoms with Crippen LogP contribution in [0.1, 0.15) is 11.7 Å². The molecule has 0 saturated carbocycles. The zero-order valence-corrected chi connectivity index (χ0v) is 11.0. The standard InChI is InChI=1S/C15H14F2N2O2/c16-11-6-7-12(17)13(8-11)19-15(21)18-9-14(20)10-4-2-1-3-5-10/h1-8,14,20H,9H2,(H2,18,19,21). The summed E-state index contributed by atoms with van der Waals surface area (Å²) in [6.07, 6.45) is -0.880. The highest BCUT2D eigenvalue weighted by Gasteiger charge is 2.11. The Bertz CT molecular complexity index is 620. The van der Waals surface area contributed by atoms with Gasteiger partial charge in [-0.05, 0) is 17.7 Å². The number of urea groups is 1. The average molecular weight is 292 g/mol. The van der Waals surface area contributed by atoms with E-state index in [0.717, 1.165) is 18.2 Å². The second-order valence-electron chi connectivity index (χ2n) is 4.39. The third kappa shape index (κ3) is 4.25. The van der Waals surface area contributed by atoms with Gasteiger partial charge in [-0.2, -0.15) is 0 Å². The van der Waals surface area contributed by atoms with Crippen LogP contribution in [0.4, 0.5) is 19.3 Å². The Labute approximate surface area is 120 Å². The van der Waals surface area contributed by atoms with E-state index in [9.17, 15) is 18.7 Å². The first kappa shape index (κ1) is 14.9. The number of nitrogens with one attached hydrogen (secondary N) is 2. The Kier molecular flexibility index (Phi) is 4.84. The van der Waals surface area contributed by atoms with Crippen LogP contribution >= 0.6 is 0 Å². The van der Waals surface area contributed by atoms with Crippen molar-refractivity contribution in [2.75, 3.05) is 11.9 Å². The zero-order chi connectivity index (χ0) is 15.2. The normalized spacial score (nSPS) is 11.8. The van der Waals surface area contributed by atoms with E-state index in [1.54, 1.807) is 24.3 Å². The second kappa shape index (κ2) is 6.81. The summed E-state index contributed by atoms with van der Waals surface area (Å²) < 4.78 is 26.3. The molecule has 0 aromatic heterocycles. The average Bonchev–Trinajstić information content (AvgIpc) is 2.49. The van der Waals surface area contributed by atoms with Gasteiger partial charge < -0.3 is 15.7 Å². The van der Waals surface area contributed by atoms with E-state index in [2.05, 4.69) is 10.6 Å². The van der Waals surface area contributed by atoms with E-state index in [4.69, 9.17) is 0 Å². The SMILES string of the molecule is O=C(NCC(O)c1ccccc1)Nc1cc(F)ccc1F. The lowest BCUT2D eigenvalue weighted by Crippen LogP contribution is -2.32. The third-order valence-corrected chi connectivity index (χ3v) is 2.82. The van der Waals surface area contributed by atoms with Crippen LogP contribution in [-0.2, 0) is 0 Å². The summed E-state index contributed by atoms with van der Waals surface area (Å²) in [7, 11) is 0. The lowest BCUT2D eigenvalue weighted by Gasteiger charge is -2.13. The first-order valence-electron chi connectivity index (χ1n) is 6.29. The van der Waals surface area contributed by atoms with Gasteiger partial charge in [-0.1, -0.05) is 30.3 Å². The highest BCUT2D eigenvalue weighted by atomic mass is 19.1. The minimum absolute atomic E-state index is 0.0488. The maximum absolute atomic E-state index is 13.3. The van der Waals surface area contributed by atoms with Gasteiger partial charge >= 0.3 is 6.03 Å². The van der Waals surface area contributed by atoms with E-state index in [0.29, 0.717) is 5.56 Å². The first-order chi connectivity index (χ1) is 10.1. The molecule has 0 spiro atoms. The van der Waals surface area contributed by atoms with E-state index in [1.807, 2.05) is 6.07 Å². The quantitative estimate of drug-likeness (QED) is 0.811. The number of halogens is 2. The van der Waals surface area contributed by atoms with Crippen LogP contribution in [0.2, 0.25) is 0 Å². The molecule has 0 heterocycles. The molecule has 0 saturated heterocycles. The topological polar surface area (TPSA) is 61.4 Å². The molecule has 2 aromatic rings. The van der Waals surface area contributed by atoms with Gasteiger partial charge in [0.05, 0.1) is 11.8 Å². The Balaban J connectivity index is 1.89. The number of amides is 2. The lowest BCUT2D eigenvalue weighted by molar-refractivity contribution is 0.175. The number of aliphatic hydroxyl groups excluding tert-OH is 1. The van der Waals surface area contributed by atoms with Crippen molar-refractivity contribution in [3.8, 4) is 0 Å². The Morgan fingerprint density at radius 1 is 1.14 bits per heavy atom. The molecule has 21 heavy (non-hydrogen) atoms. The van der Waals surface area contributed by atoms with Gasteiger partial charge in [0.15, 0.2) is 0 Å². The molecule has 3 N–H and O–H groups in total. The number of hydrogen-bond acceptors (Lipinski definition) is 2. The van der Waals surface area contributed by atoms with Crippen LogP contribution in [-0.4, -0.2) is 17.7 Å². The van der Waals surface area contributed by atoms with Crippen molar-refractivity contribution in [3.63, 3.8) is 0 Å². The zero-order valence-electron chi connectivity index (χ0n) is 11.0. The Morgan fingerprint density at radius 2 is 1.86 bits per heavy atom. The highest BCUT2D eigenvalue weighted by molar-refractivity contribution is 5.89. The van der Waals surface area contributed by atoms with Crippen LogP contribution < -0.4 is 10.6 Å². The molecule has 110 valence electrons. The molecule has 0 bridgehead atoms. The third-order valence-electron chi connectivity index (χ3n) is 2.82. The predicted molar refractivity (Wildman–Crippen MR) is 74.8 cm³/mol. The van der Waals surface area contributed by atoms with E-state index >= 15 is 0 Å². The summed E-state index contributed by atoms with van der Waals surface area (Å²) in [4.78, 5) is 11.6. The van der Waals surface area contributed by atoms with Crippen molar-refractivity contribution < 1.29 is 18.7 Å². The monoisotopic (exact) mass is 292 g/mol. The fraction of sp³-hybridized carbons (Fsp3) is 0.133. The van der Waals surface area contributed by atoms with Gasteiger partial charge in [0.25, 0.3) is 0 Å². The summed E-state index contributed by atoms with van der Waals surface area (Å²) in [5.74, 6) is -1.40. The number of carbonyl (C=O) groups excluding carboxylic acids is 1. The molecule has 2 rings (SSSR count). The molecule has 0 radical (unpaired) electrons. The fourth-order valence-corrected chi connectivity index (χ4v) is 1.74. The molecular formula is C15H14F2N2O2. The number of benzene rings is 2. The number of rotatable bonds is 4. The molecule has 2 aromatic carbocycles. The molecule has 0 aliphatic heterocycles. The molecule has 0 fully saturated rings. The number of carbonyl (C=O) groups is 1. The summed E-state index contributed by atoms with van der Waals surface area (Å²) in [5, 5.41) is 14.4.